The van der Waals surface area contributed by atoms with Crippen molar-refractivity contribution < 1.29 is 14.3 Å². The average Bonchev–Trinajstić information content (AvgIpc) is 3.17. The summed E-state index contributed by atoms with van der Waals surface area (Å²) in [5, 5.41) is 6.56. The lowest BCUT2D eigenvalue weighted by Gasteiger charge is -2.33. The van der Waals surface area contributed by atoms with E-state index in [1.807, 2.05) is 32.6 Å². The molecule has 2 aliphatic rings. The Morgan fingerprint density at radius 1 is 1.03 bits per heavy atom. The maximum atomic E-state index is 12.2. The monoisotopic (exact) mass is 523 g/mol. The molecule has 9 heteroatoms. The maximum Gasteiger partial charge on any atom is 0.410 e. The van der Waals surface area contributed by atoms with Gasteiger partial charge in [-0.1, -0.05) is 0 Å². The minimum atomic E-state index is -0.459. The minimum absolute atomic E-state index is 0. The van der Waals surface area contributed by atoms with Crippen LogP contribution in [0, 0.1) is 5.92 Å². The van der Waals surface area contributed by atoms with Crippen molar-refractivity contribution in [1.29, 1.82) is 0 Å². The largest absolute Gasteiger partial charge is 0.444 e. The van der Waals surface area contributed by atoms with Gasteiger partial charge in [0, 0.05) is 39.3 Å². The van der Waals surface area contributed by atoms with Crippen LogP contribution in [-0.4, -0.2) is 79.2 Å². The van der Waals surface area contributed by atoms with Crippen LogP contribution in [-0.2, 0) is 9.53 Å². The molecule has 0 aromatic heterocycles. The SMILES string of the molecule is CCNC(=NCC(=O)N1CCCC1)NCC1CCN(C(=O)OC(C)(C)C)CC1.I. The molecule has 2 rings (SSSR count). The fourth-order valence-electron chi connectivity index (χ4n) is 3.44. The number of carbonyl (C=O) groups is 2. The molecule has 0 aromatic carbocycles. The fourth-order valence-corrected chi connectivity index (χ4v) is 3.44. The van der Waals surface area contributed by atoms with Crippen molar-refractivity contribution in [3.05, 3.63) is 0 Å². The topological polar surface area (TPSA) is 86.3 Å². The zero-order chi connectivity index (χ0) is 20.6. The number of likely N-dealkylation sites (tertiary alicyclic amines) is 2. The number of nitrogens with one attached hydrogen (secondary N) is 2. The molecular formula is C20H38IN5O3. The van der Waals surface area contributed by atoms with E-state index in [1.54, 1.807) is 4.90 Å². The second-order valence-electron chi connectivity index (χ2n) is 8.57. The Labute approximate surface area is 192 Å². The lowest BCUT2D eigenvalue weighted by atomic mass is 9.97. The van der Waals surface area contributed by atoms with E-state index in [9.17, 15) is 9.59 Å². The first-order valence-corrected chi connectivity index (χ1v) is 10.6. The van der Waals surface area contributed by atoms with Crippen LogP contribution in [0.2, 0.25) is 0 Å². The quantitative estimate of drug-likeness (QED) is 0.329. The van der Waals surface area contributed by atoms with Gasteiger partial charge in [-0.05, 0) is 59.3 Å². The number of piperidine rings is 1. The van der Waals surface area contributed by atoms with Gasteiger partial charge in [-0.25, -0.2) is 9.79 Å². The van der Waals surface area contributed by atoms with Gasteiger partial charge in [0.2, 0.25) is 5.91 Å². The van der Waals surface area contributed by atoms with Gasteiger partial charge in [-0.3, -0.25) is 4.79 Å². The highest BCUT2D eigenvalue weighted by Gasteiger charge is 2.27. The van der Waals surface area contributed by atoms with E-state index in [1.165, 1.54) is 0 Å². The fraction of sp³-hybridized carbons (Fsp3) is 0.850. The molecule has 0 bridgehead atoms. The standard InChI is InChI=1S/C20H37N5O3.HI/c1-5-21-18(23-15-17(26)24-10-6-7-11-24)22-14-16-8-12-25(13-9-16)19(27)28-20(2,3)4;/h16H,5-15H2,1-4H3,(H2,21,22,23);1H. The normalized spacial score (nSPS) is 18.3. The van der Waals surface area contributed by atoms with E-state index >= 15 is 0 Å². The lowest BCUT2D eigenvalue weighted by Crippen LogP contribution is -2.45. The minimum Gasteiger partial charge on any atom is -0.444 e. The number of aliphatic imine (C=N–C) groups is 1. The van der Waals surface area contributed by atoms with Crippen LogP contribution in [0.15, 0.2) is 4.99 Å². The van der Waals surface area contributed by atoms with Crippen LogP contribution in [0.1, 0.15) is 53.4 Å². The highest BCUT2D eigenvalue weighted by Crippen LogP contribution is 2.19. The number of amides is 2. The molecule has 0 atom stereocenters. The molecule has 0 saturated carbocycles. The molecule has 0 aromatic rings. The summed E-state index contributed by atoms with van der Waals surface area (Å²) in [4.78, 5) is 32.4. The Morgan fingerprint density at radius 3 is 2.21 bits per heavy atom. The van der Waals surface area contributed by atoms with E-state index in [2.05, 4.69) is 15.6 Å². The third-order valence-electron chi connectivity index (χ3n) is 5.00. The van der Waals surface area contributed by atoms with Crippen molar-refractivity contribution in [3.63, 3.8) is 0 Å². The van der Waals surface area contributed by atoms with E-state index < -0.39 is 5.60 Å². The number of hydrogen-bond acceptors (Lipinski definition) is 4. The van der Waals surface area contributed by atoms with Crippen LogP contribution < -0.4 is 10.6 Å². The second-order valence-corrected chi connectivity index (χ2v) is 8.57. The van der Waals surface area contributed by atoms with Gasteiger partial charge < -0.3 is 25.2 Å². The summed E-state index contributed by atoms with van der Waals surface area (Å²) >= 11 is 0. The summed E-state index contributed by atoms with van der Waals surface area (Å²) in [6.45, 7) is 12.5. The first-order valence-electron chi connectivity index (χ1n) is 10.6. The van der Waals surface area contributed by atoms with Gasteiger partial charge in [0.05, 0.1) is 0 Å². The average molecular weight is 523 g/mol. The summed E-state index contributed by atoms with van der Waals surface area (Å²) in [6.07, 6.45) is 3.82. The van der Waals surface area contributed by atoms with Crippen molar-refractivity contribution in [2.45, 2.75) is 59.0 Å². The Kier molecular flexibility index (Phi) is 11.1. The second kappa shape index (κ2) is 12.4. The van der Waals surface area contributed by atoms with Crippen LogP contribution >= 0.6 is 24.0 Å². The molecule has 0 radical (unpaired) electrons. The van der Waals surface area contributed by atoms with Gasteiger partial charge in [0.1, 0.15) is 12.1 Å². The smallest absolute Gasteiger partial charge is 0.410 e. The van der Waals surface area contributed by atoms with Gasteiger partial charge in [0.25, 0.3) is 0 Å². The van der Waals surface area contributed by atoms with Crippen molar-refractivity contribution in [2.75, 3.05) is 45.8 Å². The Morgan fingerprint density at radius 2 is 1.66 bits per heavy atom. The third kappa shape index (κ3) is 9.39. The maximum absolute atomic E-state index is 12.2. The molecule has 8 nitrogen and oxygen atoms in total. The van der Waals surface area contributed by atoms with Gasteiger partial charge in [-0.2, -0.15) is 0 Å². The molecule has 0 aliphatic carbocycles. The first kappa shape index (κ1) is 25.8. The lowest BCUT2D eigenvalue weighted by molar-refractivity contribution is -0.128. The Bertz CT molecular complexity index is 551. The number of guanidine groups is 1. The number of halogens is 1. The van der Waals surface area contributed by atoms with Gasteiger partial charge in [-0.15, -0.1) is 24.0 Å². The number of hydrogen-bond donors (Lipinski definition) is 2. The number of rotatable bonds is 5. The number of ether oxygens (including phenoxy) is 1. The molecule has 2 aliphatic heterocycles. The van der Waals surface area contributed by atoms with Crippen LogP contribution in [0.4, 0.5) is 4.79 Å². The molecule has 29 heavy (non-hydrogen) atoms. The first-order chi connectivity index (χ1) is 13.3. The molecule has 2 amide bonds. The van der Waals surface area contributed by atoms with Crippen molar-refractivity contribution in [1.82, 2.24) is 20.4 Å². The van der Waals surface area contributed by atoms with Gasteiger partial charge in [0.15, 0.2) is 5.96 Å². The van der Waals surface area contributed by atoms with E-state index in [4.69, 9.17) is 4.74 Å². The Hall–Kier alpha value is -1.26. The zero-order valence-electron chi connectivity index (χ0n) is 18.3. The molecular weight excluding hydrogens is 485 g/mol. The zero-order valence-corrected chi connectivity index (χ0v) is 20.7. The summed E-state index contributed by atoms with van der Waals surface area (Å²) in [5.41, 5.74) is -0.459. The predicted octanol–water partition coefficient (Wildman–Crippen LogP) is 2.43. The summed E-state index contributed by atoms with van der Waals surface area (Å²) < 4.78 is 5.45. The third-order valence-corrected chi connectivity index (χ3v) is 5.00. The highest BCUT2D eigenvalue weighted by atomic mass is 127. The van der Waals surface area contributed by atoms with Crippen molar-refractivity contribution in [2.24, 2.45) is 10.9 Å². The number of nitrogens with zero attached hydrogens (tertiary/aromatic N) is 3. The van der Waals surface area contributed by atoms with E-state index in [0.717, 1.165) is 51.9 Å². The molecule has 2 heterocycles. The molecule has 2 saturated heterocycles. The molecule has 168 valence electrons. The predicted molar refractivity (Wildman–Crippen MR) is 126 cm³/mol. The highest BCUT2D eigenvalue weighted by molar-refractivity contribution is 14.0. The summed E-state index contributed by atoms with van der Waals surface area (Å²) in [5.74, 6) is 1.25. The van der Waals surface area contributed by atoms with Crippen LogP contribution in [0.3, 0.4) is 0 Å². The summed E-state index contributed by atoms with van der Waals surface area (Å²) in [6, 6.07) is 0. The van der Waals surface area contributed by atoms with Crippen molar-refractivity contribution in [3.8, 4) is 0 Å². The van der Waals surface area contributed by atoms with Gasteiger partial charge >= 0.3 is 6.09 Å². The van der Waals surface area contributed by atoms with E-state index in [-0.39, 0.29) is 42.5 Å². The number of carbonyl (C=O) groups excluding carboxylic acids is 2. The summed E-state index contributed by atoms with van der Waals surface area (Å²) in [7, 11) is 0. The molecule has 2 fully saturated rings. The molecule has 0 unspecified atom stereocenters. The van der Waals surface area contributed by atoms with Crippen LogP contribution in [0.25, 0.3) is 0 Å². The van der Waals surface area contributed by atoms with Crippen LogP contribution in [0.5, 0.6) is 0 Å². The molecule has 2 N–H and O–H groups in total. The van der Waals surface area contributed by atoms with E-state index in [0.29, 0.717) is 25.0 Å². The Balaban J connectivity index is 0.00000420. The van der Waals surface area contributed by atoms with Crippen molar-refractivity contribution >= 4 is 41.9 Å². The molecule has 0 spiro atoms.